The van der Waals surface area contributed by atoms with Gasteiger partial charge in [-0.25, -0.2) is 14.2 Å². The summed E-state index contributed by atoms with van der Waals surface area (Å²) in [4.78, 5) is 49.6. The standard InChI is InChI=1S/C28H23N3O6/c32-25-14-24(30(15-18-8-2-1-3-9-18)28(36)31(25)16-26(33)34)29-27(35)37-17-23-21-12-6-4-10-19(21)20-11-5-7-13-22(20)23/h1-14,23H,15-17H2,(H,29,35)(H,33,34). The van der Waals surface area contributed by atoms with Crippen molar-refractivity contribution in [2.45, 2.75) is 19.0 Å². The summed E-state index contributed by atoms with van der Waals surface area (Å²) < 4.78 is 7.30. The molecule has 3 aromatic carbocycles. The fraction of sp³-hybridized carbons (Fsp3) is 0.143. The van der Waals surface area contributed by atoms with Crippen molar-refractivity contribution < 1.29 is 19.4 Å². The Bertz CT molecular complexity index is 1560. The maximum atomic E-state index is 13.0. The molecular formula is C28H23N3O6. The summed E-state index contributed by atoms with van der Waals surface area (Å²) in [6, 6.07) is 25.8. The molecular weight excluding hydrogens is 474 g/mol. The van der Waals surface area contributed by atoms with E-state index in [9.17, 15) is 19.2 Å². The van der Waals surface area contributed by atoms with Crippen LogP contribution in [0.25, 0.3) is 11.1 Å². The largest absolute Gasteiger partial charge is 0.480 e. The van der Waals surface area contributed by atoms with Gasteiger partial charge in [-0.15, -0.1) is 0 Å². The predicted octanol–water partition coefficient (Wildman–Crippen LogP) is 3.50. The molecule has 5 rings (SSSR count). The van der Waals surface area contributed by atoms with Crippen molar-refractivity contribution in [3.05, 3.63) is 122 Å². The lowest BCUT2D eigenvalue weighted by Gasteiger charge is -2.17. The Kier molecular flexibility index (Phi) is 6.42. The van der Waals surface area contributed by atoms with Gasteiger partial charge in [-0.3, -0.25) is 19.5 Å². The Morgan fingerprint density at radius 2 is 1.43 bits per heavy atom. The summed E-state index contributed by atoms with van der Waals surface area (Å²) in [5.74, 6) is -1.58. The van der Waals surface area contributed by atoms with Gasteiger partial charge in [0, 0.05) is 12.0 Å². The number of carbonyl (C=O) groups excluding carboxylic acids is 1. The monoisotopic (exact) mass is 497 g/mol. The highest BCUT2D eigenvalue weighted by molar-refractivity contribution is 5.84. The van der Waals surface area contributed by atoms with E-state index in [2.05, 4.69) is 5.32 Å². The van der Waals surface area contributed by atoms with Crippen molar-refractivity contribution in [2.75, 3.05) is 11.9 Å². The average Bonchev–Trinajstić information content (AvgIpc) is 3.22. The smallest absolute Gasteiger partial charge is 0.412 e. The number of hydrogen-bond acceptors (Lipinski definition) is 5. The molecule has 2 N–H and O–H groups in total. The van der Waals surface area contributed by atoms with E-state index < -0.39 is 29.9 Å². The Hall–Kier alpha value is -4.92. The van der Waals surface area contributed by atoms with Crippen molar-refractivity contribution in [1.29, 1.82) is 0 Å². The third-order valence-corrected chi connectivity index (χ3v) is 6.33. The quantitative estimate of drug-likeness (QED) is 0.403. The van der Waals surface area contributed by atoms with Crippen LogP contribution in [0.2, 0.25) is 0 Å². The first-order valence-corrected chi connectivity index (χ1v) is 11.6. The van der Waals surface area contributed by atoms with Crippen LogP contribution in [0, 0.1) is 0 Å². The van der Waals surface area contributed by atoms with E-state index in [1.807, 2.05) is 54.6 Å². The lowest BCUT2D eigenvalue weighted by Crippen LogP contribution is -2.42. The SMILES string of the molecule is O=C(O)Cn1c(=O)cc(NC(=O)OCC2c3ccccc3-c3ccccc32)n(Cc2ccccc2)c1=O. The number of fused-ring (bicyclic) bond motifs is 3. The van der Waals surface area contributed by atoms with Crippen molar-refractivity contribution in [3.8, 4) is 11.1 Å². The fourth-order valence-electron chi connectivity index (χ4n) is 4.66. The van der Waals surface area contributed by atoms with Crippen LogP contribution in [0.3, 0.4) is 0 Å². The first kappa shape index (κ1) is 23.8. The number of rotatable bonds is 7. The molecule has 1 aromatic heterocycles. The van der Waals surface area contributed by atoms with Crippen molar-refractivity contribution >= 4 is 17.9 Å². The third-order valence-electron chi connectivity index (χ3n) is 6.33. The van der Waals surface area contributed by atoms with Crippen LogP contribution in [-0.4, -0.2) is 32.9 Å². The van der Waals surface area contributed by atoms with E-state index >= 15 is 0 Å². The van der Waals surface area contributed by atoms with Gasteiger partial charge in [0.2, 0.25) is 0 Å². The zero-order chi connectivity index (χ0) is 25.9. The van der Waals surface area contributed by atoms with Gasteiger partial charge in [0.1, 0.15) is 19.0 Å². The fourth-order valence-corrected chi connectivity index (χ4v) is 4.66. The van der Waals surface area contributed by atoms with Crippen LogP contribution in [0.1, 0.15) is 22.6 Å². The number of nitrogens with zero attached hydrogens (tertiary/aromatic N) is 2. The number of aliphatic carboxylic acids is 1. The van der Waals surface area contributed by atoms with Crippen LogP contribution >= 0.6 is 0 Å². The second-order valence-corrected chi connectivity index (χ2v) is 8.65. The second kappa shape index (κ2) is 9.98. The van der Waals surface area contributed by atoms with Crippen LogP contribution in [-0.2, 0) is 22.6 Å². The molecule has 0 saturated carbocycles. The molecule has 1 amide bonds. The summed E-state index contributed by atoms with van der Waals surface area (Å²) in [7, 11) is 0. The van der Waals surface area contributed by atoms with Crippen LogP contribution in [0.4, 0.5) is 10.6 Å². The first-order chi connectivity index (χ1) is 17.9. The summed E-state index contributed by atoms with van der Waals surface area (Å²) >= 11 is 0. The van der Waals surface area contributed by atoms with Gasteiger partial charge >= 0.3 is 17.8 Å². The number of aromatic nitrogens is 2. The molecule has 1 aliphatic rings. The number of anilines is 1. The van der Waals surface area contributed by atoms with Gasteiger partial charge in [-0.2, -0.15) is 0 Å². The number of amides is 1. The molecule has 0 spiro atoms. The molecule has 1 aliphatic carbocycles. The lowest BCUT2D eigenvalue weighted by molar-refractivity contribution is -0.137. The van der Waals surface area contributed by atoms with Gasteiger partial charge in [-0.1, -0.05) is 78.9 Å². The van der Waals surface area contributed by atoms with Gasteiger partial charge in [0.15, 0.2) is 0 Å². The van der Waals surface area contributed by atoms with Crippen molar-refractivity contribution in [2.24, 2.45) is 0 Å². The molecule has 0 bridgehead atoms. The van der Waals surface area contributed by atoms with E-state index in [1.165, 1.54) is 0 Å². The summed E-state index contributed by atoms with van der Waals surface area (Å²) in [6.07, 6.45) is -0.835. The molecule has 186 valence electrons. The molecule has 37 heavy (non-hydrogen) atoms. The van der Waals surface area contributed by atoms with Gasteiger partial charge in [-0.05, 0) is 27.8 Å². The molecule has 0 atom stereocenters. The third kappa shape index (κ3) is 4.79. The number of carboxylic acid groups (broad SMARTS) is 1. The first-order valence-electron chi connectivity index (χ1n) is 11.6. The summed E-state index contributed by atoms with van der Waals surface area (Å²) in [5, 5.41) is 11.6. The average molecular weight is 498 g/mol. The normalized spacial score (nSPS) is 12.0. The number of nitrogens with one attached hydrogen (secondary N) is 1. The minimum absolute atomic E-state index is 0.0125. The van der Waals surface area contributed by atoms with Gasteiger partial charge < -0.3 is 9.84 Å². The number of benzene rings is 3. The molecule has 9 nitrogen and oxygen atoms in total. The second-order valence-electron chi connectivity index (χ2n) is 8.65. The predicted molar refractivity (Wildman–Crippen MR) is 137 cm³/mol. The van der Waals surface area contributed by atoms with E-state index in [1.54, 1.807) is 24.3 Å². The lowest BCUT2D eigenvalue weighted by atomic mass is 9.98. The molecule has 0 radical (unpaired) electrons. The topological polar surface area (TPSA) is 120 Å². The van der Waals surface area contributed by atoms with E-state index in [-0.39, 0.29) is 24.9 Å². The van der Waals surface area contributed by atoms with Crippen LogP contribution in [0.15, 0.2) is 94.5 Å². The molecule has 1 heterocycles. The molecule has 9 heteroatoms. The van der Waals surface area contributed by atoms with Crippen LogP contribution < -0.4 is 16.6 Å². The Balaban J connectivity index is 1.40. The minimum Gasteiger partial charge on any atom is -0.480 e. The molecule has 0 aliphatic heterocycles. The van der Waals surface area contributed by atoms with E-state index in [0.717, 1.165) is 38.5 Å². The number of carbonyl (C=O) groups is 2. The minimum atomic E-state index is -1.33. The van der Waals surface area contributed by atoms with Crippen molar-refractivity contribution in [3.63, 3.8) is 0 Å². The van der Waals surface area contributed by atoms with E-state index in [4.69, 9.17) is 9.84 Å². The molecule has 4 aromatic rings. The molecule has 0 saturated heterocycles. The van der Waals surface area contributed by atoms with Gasteiger partial charge in [0.05, 0.1) is 6.54 Å². The highest BCUT2D eigenvalue weighted by Crippen LogP contribution is 2.44. The van der Waals surface area contributed by atoms with Crippen molar-refractivity contribution in [1.82, 2.24) is 9.13 Å². The summed E-state index contributed by atoms with van der Waals surface area (Å²) in [6.45, 7) is -0.727. The highest BCUT2D eigenvalue weighted by Gasteiger charge is 2.29. The molecule has 0 unspecified atom stereocenters. The Labute approximate surface area is 211 Å². The van der Waals surface area contributed by atoms with Crippen LogP contribution in [0.5, 0.6) is 0 Å². The van der Waals surface area contributed by atoms with Gasteiger partial charge in [0.25, 0.3) is 5.56 Å². The maximum absolute atomic E-state index is 13.0. The Morgan fingerprint density at radius 1 is 0.838 bits per heavy atom. The Morgan fingerprint density at radius 3 is 2.05 bits per heavy atom. The molecule has 0 fully saturated rings. The zero-order valence-electron chi connectivity index (χ0n) is 19.7. The number of ether oxygens (including phenoxy) is 1. The zero-order valence-corrected chi connectivity index (χ0v) is 19.7. The maximum Gasteiger partial charge on any atom is 0.412 e. The number of hydrogen-bond donors (Lipinski definition) is 2. The van der Waals surface area contributed by atoms with E-state index in [0.29, 0.717) is 4.57 Å². The number of carboxylic acids is 1. The highest BCUT2D eigenvalue weighted by atomic mass is 16.5. The summed E-state index contributed by atoms with van der Waals surface area (Å²) in [5.41, 5.74) is 3.30.